The van der Waals surface area contributed by atoms with Gasteiger partial charge in [-0.3, -0.25) is 4.79 Å². The lowest BCUT2D eigenvalue weighted by Gasteiger charge is -2.10. The minimum atomic E-state index is -1.40. The first-order chi connectivity index (χ1) is 8.45. The number of phenolic OH excluding ortho intramolecular Hbond substituents is 2. The number of fused-ring (bicyclic) bond motifs is 1. The first-order valence-corrected chi connectivity index (χ1v) is 4.85. The second kappa shape index (κ2) is 3.95. The molecule has 0 fully saturated rings. The normalized spacial score (nSPS) is 10.5. The third-order valence-corrected chi connectivity index (χ3v) is 2.49. The molecule has 0 saturated carbocycles. The van der Waals surface area contributed by atoms with E-state index in [-0.39, 0.29) is 10.9 Å². The van der Waals surface area contributed by atoms with E-state index in [1.807, 2.05) is 0 Å². The zero-order chi connectivity index (χ0) is 13.4. The highest BCUT2D eigenvalue weighted by Crippen LogP contribution is 2.28. The van der Waals surface area contributed by atoms with Gasteiger partial charge in [-0.05, 0) is 6.07 Å². The molecule has 0 spiro atoms. The maximum atomic E-state index is 11.9. The molecule has 3 N–H and O–H groups in total. The minimum absolute atomic E-state index is 0.0629. The van der Waals surface area contributed by atoms with Gasteiger partial charge in [-0.2, -0.15) is 4.73 Å². The number of hydrogen-bond acceptors (Lipinski definition) is 5. The fourth-order valence-electron chi connectivity index (χ4n) is 1.62. The molecule has 0 bridgehead atoms. The Morgan fingerprint density at radius 1 is 1.28 bits per heavy atom. The number of carboxylic acid groups (broad SMARTS) is 1. The van der Waals surface area contributed by atoms with Crippen molar-refractivity contribution < 1.29 is 25.0 Å². The van der Waals surface area contributed by atoms with Crippen LogP contribution in [0.15, 0.2) is 23.1 Å². The molecule has 2 aromatic rings. The number of carbonyl (C=O) groups is 1. The predicted octanol–water partition coefficient (Wildman–Crippen LogP) is 0.169. The third kappa shape index (κ3) is 1.61. The van der Waals surface area contributed by atoms with Gasteiger partial charge in [0.2, 0.25) is 5.43 Å². The van der Waals surface area contributed by atoms with Crippen molar-refractivity contribution in [2.24, 2.45) is 0 Å². The lowest BCUT2D eigenvalue weighted by atomic mass is 10.1. The monoisotopic (exact) mass is 251 g/mol. The second-order valence-electron chi connectivity index (χ2n) is 3.54. The smallest absolute Gasteiger partial charge is 0.341 e. The molecule has 2 rings (SSSR count). The summed E-state index contributed by atoms with van der Waals surface area (Å²) in [6.45, 7) is 0. The summed E-state index contributed by atoms with van der Waals surface area (Å²) < 4.78 is 1.03. The first-order valence-electron chi connectivity index (χ1n) is 4.85. The maximum absolute atomic E-state index is 11.9. The average molecular weight is 251 g/mol. The van der Waals surface area contributed by atoms with Crippen LogP contribution in [-0.2, 0) is 0 Å². The summed E-state index contributed by atoms with van der Waals surface area (Å²) in [6.07, 6.45) is 1.00. The van der Waals surface area contributed by atoms with E-state index in [1.54, 1.807) is 0 Å². The molecule has 0 amide bonds. The van der Waals surface area contributed by atoms with E-state index in [2.05, 4.69) is 0 Å². The molecular weight excluding hydrogens is 242 g/mol. The summed E-state index contributed by atoms with van der Waals surface area (Å²) in [5.74, 6) is -2.35. The van der Waals surface area contributed by atoms with Gasteiger partial charge in [-0.15, -0.1) is 0 Å². The summed E-state index contributed by atoms with van der Waals surface area (Å²) in [4.78, 5) is 27.7. The van der Waals surface area contributed by atoms with E-state index in [4.69, 9.17) is 9.94 Å². The molecule has 94 valence electrons. The number of pyridine rings is 1. The van der Waals surface area contributed by atoms with Crippen molar-refractivity contribution in [3.05, 3.63) is 34.1 Å². The summed E-state index contributed by atoms with van der Waals surface area (Å²) in [7, 11) is 1.28. The number of aromatic hydroxyl groups is 2. The van der Waals surface area contributed by atoms with Gasteiger partial charge < -0.3 is 20.2 Å². The van der Waals surface area contributed by atoms with Crippen LogP contribution in [0, 0.1) is 0 Å². The van der Waals surface area contributed by atoms with E-state index < -0.39 is 28.5 Å². The Labute approximate surface area is 100 Å². The number of aromatic nitrogens is 1. The molecule has 0 radical (unpaired) electrons. The van der Waals surface area contributed by atoms with Crippen molar-refractivity contribution in [2.45, 2.75) is 0 Å². The zero-order valence-corrected chi connectivity index (χ0v) is 9.25. The van der Waals surface area contributed by atoms with E-state index in [1.165, 1.54) is 7.11 Å². The highest BCUT2D eigenvalue weighted by molar-refractivity contribution is 5.93. The van der Waals surface area contributed by atoms with Crippen molar-refractivity contribution in [1.82, 2.24) is 4.73 Å². The van der Waals surface area contributed by atoms with Crippen LogP contribution in [0.1, 0.15) is 10.4 Å². The van der Waals surface area contributed by atoms with Crippen molar-refractivity contribution in [2.75, 3.05) is 7.11 Å². The Kier molecular flexibility index (Phi) is 2.59. The van der Waals surface area contributed by atoms with Gasteiger partial charge in [0, 0.05) is 6.07 Å². The van der Waals surface area contributed by atoms with Crippen LogP contribution >= 0.6 is 0 Å². The molecule has 0 atom stereocenters. The molecule has 0 aliphatic heterocycles. The summed E-state index contributed by atoms with van der Waals surface area (Å²) in [6, 6.07) is 2.11. The Balaban J connectivity index is 2.99. The first kappa shape index (κ1) is 11.8. The molecule has 1 aromatic heterocycles. The van der Waals surface area contributed by atoms with Crippen molar-refractivity contribution >= 4 is 16.9 Å². The van der Waals surface area contributed by atoms with Crippen LogP contribution in [0.2, 0.25) is 0 Å². The van der Waals surface area contributed by atoms with Crippen LogP contribution in [0.5, 0.6) is 11.5 Å². The van der Waals surface area contributed by atoms with E-state index in [9.17, 15) is 19.8 Å². The minimum Gasteiger partial charge on any atom is -0.504 e. The van der Waals surface area contributed by atoms with E-state index in [0.29, 0.717) is 0 Å². The van der Waals surface area contributed by atoms with E-state index in [0.717, 1.165) is 23.1 Å². The number of benzene rings is 1. The van der Waals surface area contributed by atoms with Gasteiger partial charge in [0.05, 0.1) is 17.1 Å². The molecule has 0 aliphatic rings. The van der Waals surface area contributed by atoms with Crippen LogP contribution < -0.4 is 10.3 Å². The largest absolute Gasteiger partial charge is 0.504 e. The van der Waals surface area contributed by atoms with Gasteiger partial charge in [-0.1, -0.05) is 0 Å². The number of carboxylic acids is 1. The van der Waals surface area contributed by atoms with Crippen LogP contribution in [0.4, 0.5) is 0 Å². The molecule has 7 nitrogen and oxygen atoms in total. The highest BCUT2D eigenvalue weighted by Gasteiger charge is 2.16. The molecule has 0 unspecified atom stereocenters. The van der Waals surface area contributed by atoms with Crippen molar-refractivity contribution in [3.8, 4) is 11.5 Å². The summed E-state index contributed by atoms with van der Waals surface area (Å²) in [5.41, 5.74) is -1.10. The number of phenols is 2. The van der Waals surface area contributed by atoms with Gasteiger partial charge in [0.15, 0.2) is 11.5 Å². The van der Waals surface area contributed by atoms with Gasteiger partial charge in [0.1, 0.15) is 12.7 Å². The SMILES string of the molecule is COn1cc(C(=O)O)c(=O)c2cc(O)c(O)cc21. The van der Waals surface area contributed by atoms with Crippen LogP contribution in [0.3, 0.4) is 0 Å². The lowest BCUT2D eigenvalue weighted by Crippen LogP contribution is -2.20. The van der Waals surface area contributed by atoms with Gasteiger partial charge in [-0.25, -0.2) is 4.79 Å². The Morgan fingerprint density at radius 2 is 1.89 bits per heavy atom. The predicted molar refractivity (Wildman–Crippen MR) is 61.0 cm³/mol. The fourth-order valence-corrected chi connectivity index (χ4v) is 1.62. The second-order valence-corrected chi connectivity index (χ2v) is 3.54. The van der Waals surface area contributed by atoms with Crippen molar-refractivity contribution in [1.29, 1.82) is 0 Å². The Morgan fingerprint density at radius 3 is 2.44 bits per heavy atom. The number of nitrogens with zero attached hydrogens (tertiary/aromatic N) is 1. The van der Waals surface area contributed by atoms with Crippen LogP contribution in [0.25, 0.3) is 10.9 Å². The zero-order valence-electron chi connectivity index (χ0n) is 9.25. The van der Waals surface area contributed by atoms with Crippen LogP contribution in [-0.4, -0.2) is 33.1 Å². The highest BCUT2D eigenvalue weighted by atomic mass is 16.6. The quantitative estimate of drug-likeness (QED) is 0.656. The van der Waals surface area contributed by atoms with Crippen molar-refractivity contribution in [3.63, 3.8) is 0 Å². The number of aromatic carboxylic acids is 1. The Bertz CT molecular complexity index is 703. The Hall–Kier alpha value is -2.70. The standard InChI is InChI=1S/C11H9NO6/c1-18-12-4-6(11(16)17)10(15)5-2-8(13)9(14)3-7(5)12/h2-4,13-14H,1H3,(H,16,17). The number of hydrogen-bond donors (Lipinski definition) is 3. The summed E-state index contributed by atoms with van der Waals surface area (Å²) in [5, 5.41) is 27.5. The topological polar surface area (TPSA) is 109 Å². The fraction of sp³-hybridized carbons (Fsp3) is 0.0909. The summed E-state index contributed by atoms with van der Waals surface area (Å²) >= 11 is 0. The molecule has 0 saturated heterocycles. The maximum Gasteiger partial charge on any atom is 0.341 e. The molecule has 1 aromatic carbocycles. The molecule has 7 heteroatoms. The number of rotatable bonds is 2. The average Bonchev–Trinajstić information content (AvgIpc) is 2.32. The molecular formula is C11H9NO6. The third-order valence-electron chi connectivity index (χ3n) is 2.49. The molecule has 0 aliphatic carbocycles. The van der Waals surface area contributed by atoms with E-state index >= 15 is 0 Å². The van der Waals surface area contributed by atoms with Gasteiger partial charge >= 0.3 is 5.97 Å². The molecule has 18 heavy (non-hydrogen) atoms. The van der Waals surface area contributed by atoms with Gasteiger partial charge in [0.25, 0.3) is 0 Å². The lowest BCUT2D eigenvalue weighted by molar-refractivity contribution is 0.0691. The molecule has 1 heterocycles.